The number of unbranched alkanes of at least 4 members (excludes halogenated alkanes) is 1. The number of cyclic esters (lactones) is 1. The average molecular weight is 978 g/mol. The van der Waals surface area contributed by atoms with Crippen molar-refractivity contribution in [1.82, 2.24) is 24.6 Å². The Balaban J connectivity index is 1.37. The van der Waals surface area contributed by atoms with Crippen molar-refractivity contribution in [3.8, 4) is 11.1 Å². The fourth-order valence-corrected chi connectivity index (χ4v) is 11.8. The minimum absolute atomic E-state index is 0.101. The number of thiophene rings is 1. The third kappa shape index (κ3) is 11.8. The number of nitrogens with zero attached hydrogens (tertiary/aromatic N) is 5. The van der Waals surface area contributed by atoms with Gasteiger partial charge in [-0.15, -0.1) is 6.58 Å². The first-order valence-corrected chi connectivity index (χ1v) is 25.4. The molecular formula is C52H75N5O11S. The number of likely N-dealkylation sites (N-methyl/N-ethyl adjacent to an activating group) is 1. The van der Waals surface area contributed by atoms with E-state index in [0.717, 1.165) is 11.1 Å². The molecule has 3 aliphatic heterocycles. The highest BCUT2D eigenvalue weighted by atomic mass is 32.1. The summed E-state index contributed by atoms with van der Waals surface area (Å²) in [5, 5.41) is 20.8. The molecule has 0 aliphatic carbocycles. The molecule has 0 saturated carbocycles. The zero-order valence-electron chi connectivity index (χ0n) is 42.4. The van der Waals surface area contributed by atoms with E-state index in [1.807, 2.05) is 69.0 Å². The molecule has 6 heterocycles. The SMILES string of the molecule is C=CCN(C)[C@H]1C[C@@H](C)O[C@@](C)(O[C@@H]2[C@@H](C)C(OC(=O)Cc3ccccn3)[C@@H](C)C(=O)O[C@H](CC)[C@@]3(C)OC(=O)N(CCCCn4cc(-c5ccsc5)cn4)[C@@H]3[C@@H](C)C(=O)[C@H](C)C[C@@]2(C)OC)[C@@H]1O. The number of pyridine rings is 1. The molecule has 6 rings (SSSR count). The first kappa shape index (κ1) is 53.8. The molecule has 380 valence electrons. The van der Waals surface area contributed by atoms with Crippen LogP contribution in [0.25, 0.3) is 11.1 Å². The Kier molecular flexibility index (Phi) is 17.7. The molecular weight excluding hydrogens is 903 g/mol. The van der Waals surface area contributed by atoms with Crippen LogP contribution in [0.2, 0.25) is 0 Å². The van der Waals surface area contributed by atoms with Gasteiger partial charge in [-0.2, -0.15) is 16.4 Å². The third-order valence-electron chi connectivity index (χ3n) is 14.9. The number of methoxy groups -OCH3 is 1. The number of aliphatic hydroxyl groups is 1. The van der Waals surface area contributed by atoms with Crippen molar-refractivity contribution in [3.05, 3.63) is 72.0 Å². The number of aryl methyl sites for hydroxylation is 1. The molecule has 1 amide bonds. The van der Waals surface area contributed by atoms with E-state index in [2.05, 4.69) is 28.1 Å². The second-order valence-corrected chi connectivity index (χ2v) is 20.9. The average Bonchev–Trinajstić information content (AvgIpc) is 4.08. The maximum atomic E-state index is 15.1. The molecule has 3 aromatic heterocycles. The maximum Gasteiger partial charge on any atom is 0.410 e. The summed E-state index contributed by atoms with van der Waals surface area (Å²) in [5.41, 5.74) is -0.175. The van der Waals surface area contributed by atoms with Crippen LogP contribution in [-0.4, -0.2) is 140 Å². The smallest absolute Gasteiger partial charge is 0.410 e. The van der Waals surface area contributed by atoms with Crippen molar-refractivity contribution in [1.29, 1.82) is 0 Å². The van der Waals surface area contributed by atoms with Gasteiger partial charge in [0.05, 0.1) is 48.1 Å². The molecule has 14 atom stereocenters. The van der Waals surface area contributed by atoms with Gasteiger partial charge in [-0.05, 0) is 108 Å². The highest BCUT2D eigenvalue weighted by Gasteiger charge is 2.61. The fourth-order valence-electron chi connectivity index (χ4n) is 11.1. The number of amides is 1. The lowest BCUT2D eigenvalue weighted by Gasteiger charge is -2.52. The van der Waals surface area contributed by atoms with Crippen molar-refractivity contribution in [3.63, 3.8) is 0 Å². The normalized spacial score (nSPS) is 34.7. The Morgan fingerprint density at radius 1 is 1.06 bits per heavy atom. The van der Waals surface area contributed by atoms with Crippen molar-refractivity contribution in [2.24, 2.45) is 23.7 Å². The van der Waals surface area contributed by atoms with E-state index in [4.69, 9.17) is 28.4 Å². The van der Waals surface area contributed by atoms with Crippen LogP contribution in [0.3, 0.4) is 0 Å². The summed E-state index contributed by atoms with van der Waals surface area (Å²) in [7, 11) is 3.43. The molecule has 0 bridgehead atoms. The molecule has 3 aromatic rings. The number of esters is 2. The standard InChI is InChI=1S/C52H75N5O11S/c1-13-22-55(11)40-26-33(4)66-52(10,46(40)60)67-47-35(6)44(65-42(58)27-39-19-15-16-21-53-39)36(7)48(61)64-41(14-2)51(9)45(34(5)43(59)32(3)28-50(47,8)63-12)57(49(62)68-51)24-18-17-23-56-30-38(29-54-56)37-20-25-69-31-37/h13,15-16,19-21,25,29-36,40-41,44-47,60H,1,14,17-18,22-24,26-28H2,2-12H3/t32-,33-,34+,35+,36-,40+,41-,44?,45-,46-,47-,50-,51-,52+/m1/s1. The van der Waals surface area contributed by atoms with E-state index in [1.54, 1.807) is 74.4 Å². The van der Waals surface area contributed by atoms with E-state index < -0.39 is 95.2 Å². The van der Waals surface area contributed by atoms with E-state index in [0.29, 0.717) is 38.0 Å². The van der Waals surface area contributed by atoms with Gasteiger partial charge in [-0.1, -0.05) is 39.8 Å². The summed E-state index contributed by atoms with van der Waals surface area (Å²) < 4.78 is 41.1. The molecule has 3 saturated heterocycles. The lowest BCUT2D eigenvalue weighted by molar-refractivity contribution is -0.358. The summed E-state index contributed by atoms with van der Waals surface area (Å²) in [6.45, 7) is 21.4. The number of fused-ring (bicyclic) bond motifs is 1. The zero-order valence-corrected chi connectivity index (χ0v) is 43.2. The summed E-state index contributed by atoms with van der Waals surface area (Å²) in [4.78, 5) is 66.0. The molecule has 0 aromatic carbocycles. The Bertz CT molecular complexity index is 2210. The van der Waals surface area contributed by atoms with E-state index >= 15 is 4.79 Å². The number of ether oxygens (including phenoxy) is 6. The van der Waals surface area contributed by atoms with E-state index in [9.17, 15) is 19.5 Å². The summed E-state index contributed by atoms with van der Waals surface area (Å²) in [6, 6.07) is 6.06. The van der Waals surface area contributed by atoms with Crippen molar-refractivity contribution < 1.29 is 52.7 Å². The van der Waals surface area contributed by atoms with Crippen molar-refractivity contribution in [2.75, 3.05) is 27.2 Å². The van der Waals surface area contributed by atoms with Crippen LogP contribution in [0, 0.1) is 23.7 Å². The number of carbonyl (C=O) groups excluding carboxylic acids is 4. The van der Waals surface area contributed by atoms with Crippen molar-refractivity contribution in [2.45, 2.75) is 167 Å². The number of Topliss-reactive ketones (excluding diaryl/α,β-unsaturated/α-hetero) is 1. The van der Waals surface area contributed by atoms with Gasteiger partial charge in [0, 0.05) is 68.5 Å². The molecule has 0 radical (unpaired) electrons. The van der Waals surface area contributed by atoms with Gasteiger partial charge in [-0.25, -0.2) is 4.79 Å². The third-order valence-corrected chi connectivity index (χ3v) is 15.6. The lowest BCUT2D eigenvalue weighted by atomic mass is 9.73. The Morgan fingerprint density at radius 3 is 2.45 bits per heavy atom. The second-order valence-electron chi connectivity index (χ2n) is 20.1. The predicted molar refractivity (Wildman–Crippen MR) is 261 cm³/mol. The highest BCUT2D eigenvalue weighted by molar-refractivity contribution is 7.08. The molecule has 16 nitrogen and oxygen atoms in total. The molecule has 69 heavy (non-hydrogen) atoms. The Morgan fingerprint density at radius 2 is 1.80 bits per heavy atom. The summed E-state index contributed by atoms with van der Waals surface area (Å²) in [5.74, 6) is -6.59. The van der Waals surface area contributed by atoms with Gasteiger partial charge in [0.25, 0.3) is 0 Å². The summed E-state index contributed by atoms with van der Waals surface area (Å²) >= 11 is 1.63. The number of aromatic nitrogens is 3. The molecule has 17 heteroatoms. The first-order valence-electron chi connectivity index (χ1n) is 24.5. The van der Waals surface area contributed by atoms with Crippen LogP contribution >= 0.6 is 11.3 Å². The number of hydrogen-bond donors (Lipinski definition) is 1. The maximum absolute atomic E-state index is 15.1. The molecule has 0 spiro atoms. The number of hydrogen-bond acceptors (Lipinski definition) is 15. The largest absolute Gasteiger partial charge is 0.461 e. The Labute approximate surface area is 412 Å². The van der Waals surface area contributed by atoms with Crippen LogP contribution in [0.15, 0.2) is 66.3 Å². The van der Waals surface area contributed by atoms with Crippen LogP contribution in [0.5, 0.6) is 0 Å². The van der Waals surface area contributed by atoms with Crippen LogP contribution < -0.4 is 0 Å². The quantitative estimate of drug-likeness (QED) is 0.0644. The number of carbonyl (C=O) groups is 4. The first-order chi connectivity index (χ1) is 32.7. The predicted octanol–water partition coefficient (Wildman–Crippen LogP) is 7.52. The lowest BCUT2D eigenvalue weighted by Crippen LogP contribution is -2.65. The van der Waals surface area contributed by atoms with Crippen LogP contribution in [0.4, 0.5) is 4.79 Å². The highest BCUT2D eigenvalue weighted by Crippen LogP contribution is 2.45. The molecule has 1 unspecified atom stereocenters. The number of ketones is 1. The van der Waals surface area contributed by atoms with Crippen LogP contribution in [0.1, 0.15) is 100 Å². The monoisotopic (exact) mass is 978 g/mol. The fraction of sp³-hybridized carbons (Fsp3) is 0.654. The molecule has 3 fully saturated rings. The molecule has 1 N–H and O–H groups in total. The van der Waals surface area contributed by atoms with Gasteiger partial charge in [0.1, 0.15) is 24.1 Å². The topological polar surface area (TPSA) is 181 Å². The van der Waals surface area contributed by atoms with E-state index in [1.165, 1.54) is 7.11 Å². The second kappa shape index (κ2) is 22.7. The zero-order chi connectivity index (χ0) is 50.4. The van der Waals surface area contributed by atoms with Gasteiger partial charge in [-0.3, -0.25) is 28.9 Å². The number of aliphatic hydroxyl groups excluding tert-OH is 1. The van der Waals surface area contributed by atoms with Crippen molar-refractivity contribution >= 4 is 35.2 Å². The van der Waals surface area contributed by atoms with Gasteiger partial charge >= 0.3 is 18.0 Å². The molecule has 3 aliphatic rings. The van der Waals surface area contributed by atoms with Gasteiger partial charge < -0.3 is 38.4 Å². The van der Waals surface area contributed by atoms with Gasteiger partial charge in [0.2, 0.25) is 0 Å². The van der Waals surface area contributed by atoms with E-state index in [-0.39, 0.29) is 37.7 Å². The van der Waals surface area contributed by atoms with Crippen LogP contribution in [-0.2, 0) is 55.8 Å². The van der Waals surface area contributed by atoms with Gasteiger partial charge in [0.15, 0.2) is 11.4 Å². The Hall–Kier alpha value is -4.52. The minimum atomic E-state index is -1.64. The summed E-state index contributed by atoms with van der Waals surface area (Å²) in [6.07, 6.45) is 3.73. The number of rotatable bonds is 16. The minimum Gasteiger partial charge on any atom is -0.461 e.